The van der Waals surface area contributed by atoms with E-state index in [0.717, 1.165) is 160 Å². The van der Waals surface area contributed by atoms with Gasteiger partial charge in [0.1, 0.15) is 0 Å². The first kappa shape index (κ1) is 58.6. The lowest BCUT2D eigenvalue weighted by Crippen LogP contribution is -2.61. The van der Waals surface area contributed by atoms with Crippen LogP contribution in [0.3, 0.4) is 0 Å². The number of para-hydroxylation sites is 8. The minimum Gasteiger partial charge on any atom is -0.310 e. The van der Waals surface area contributed by atoms with Crippen molar-refractivity contribution in [2.24, 2.45) is 0 Å². The van der Waals surface area contributed by atoms with Gasteiger partial charge in [-0.3, -0.25) is 0 Å². The lowest BCUT2D eigenvalue weighted by molar-refractivity contribution is 0.590. The zero-order valence-electron chi connectivity index (χ0n) is 68.2. The predicted octanol–water partition coefficient (Wildman–Crippen LogP) is 26.1. The number of nitrogens with zero attached hydrogens (tertiary/aromatic N) is 6. The van der Waals surface area contributed by atoms with Gasteiger partial charge in [0.25, 0.3) is 6.71 Å². The Balaban J connectivity index is 0.874. The van der Waals surface area contributed by atoms with Crippen molar-refractivity contribution < 1.29 is 8.22 Å². The molecule has 0 fully saturated rings. The van der Waals surface area contributed by atoms with Crippen LogP contribution in [-0.4, -0.2) is 25.0 Å². The largest absolute Gasteiger partial charge is 0.310 e. The Morgan fingerprint density at radius 3 is 0.832 bits per heavy atom. The van der Waals surface area contributed by atoms with Crippen LogP contribution in [0.4, 0.5) is 34.1 Å². The topological polar surface area (TPSA) is 26.2 Å². The molecule has 113 heavy (non-hydrogen) atoms. The lowest BCUT2D eigenvalue weighted by atomic mass is 9.33. The van der Waals surface area contributed by atoms with E-state index in [9.17, 15) is 8.22 Å². The van der Waals surface area contributed by atoms with Crippen molar-refractivity contribution in [3.05, 3.63) is 394 Å². The summed E-state index contributed by atoms with van der Waals surface area (Å²) in [4.78, 5) is 4.50. The van der Waals surface area contributed by atoms with Crippen LogP contribution in [0.2, 0.25) is 0 Å². The van der Waals surface area contributed by atoms with Gasteiger partial charge >= 0.3 is 0 Å². The third kappa shape index (κ3) is 9.81. The quantitative estimate of drug-likeness (QED) is 0.128. The first-order chi connectivity index (χ1) is 58.3. The second kappa shape index (κ2) is 25.1. The predicted molar refractivity (Wildman–Crippen MR) is 478 cm³/mol. The van der Waals surface area contributed by atoms with Gasteiger partial charge < -0.3 is 28.1 Å². The number of rotatable bonds is 10. The summed E-state index contributed by atoms with van der Waals surface area (Å²) in [5, 5.41) is 8.21. The Bertz CT molecular complexity index is 7200. The van der Waals surface area contributed by atoms with E-state index in [2.05, 4.69) is 343 Å². The molecule has 21 aromatic rings. The molecule has 0 radical (unpaired) electrons. The van der Waals surface area contributed by atoms with Gasteiger partial charge in [-0.2, -0.15) is 0 Å². The third-order valence-electron chi connectivity index (χ3n) is 23.7. The van der Waals surface area contributed by atoms with Crippen molar-refractivity contribution in [3.8, 4) is 67.3 Å². The highest BCUT2D eigenvalue weighted by atomic mass is 15.2. The minimum atomic E-state index is -1.15. The maximum absolute atomic E-state index is 11.9. The molecule has 6 nitrogen and oxygen atoms in total. The van der Waals surface area contributed by atoms with Crippen LogP contribution in [0.25, 0.3) is 154 Å². The summed E-state index contributed by atoms with van der Waals surface area (Å²) >= 11 is 0. The molecule has 0 bridgehead atoms. The van der Waals surface area contributed by atoms with Gasteiger partial charge in [0, 0.05) is 111 Å². The first-order valence-electron chi connectivity index (χ1n) is 41.9. The van der Waals surface area contributed by atoms with E-state index in [0.29, 0.717) is 39.1 Å². The molecule has 0 atom stereocenters. The van der Waals surface area contributed by atoms with Crippen LogP contribution in [0, 0.1) is 0 Å². The van der Waals surface area contributed by atoms with Gasteiger partial charge in [0.15, 0.2) is 0 Å². The normalized spacial score (nSPS) is 13.4. The number of fused-ring (bicyclic) bond motifs is 16. The highest BCUT2D eigenvalue weighted by Crippen LogP contribution is 2.55. The van der Waals surface area contributed by atoms with Crippen LogP contribution in [0.5, 0.6) is 0 Å². The average molecular weight is 1450 g/mol. The fraction of sp³-hybridized carbons (Fsp3) is 0.0377. The van der Waals surface area contributed by atoms with E-state index in [1.807, 2.05) is 57.7 Å². The summed E-state index contributed by atoms with van der Waals surface area (Å²) in [7, 11) is 0. The van der Waals surface area contributed by atoms with Gasteiger partial charge in [-0.1, -0.05) is 300 Å². The van der Waals surface area contributed by atoms with Crippen LogP contribution in [-0.2, 0) is 5.41 Å². The number of benzene rings is 17. The van der Waals surface area contributed by atoms with E-state index in [1.54, 1.807) is 0 Å². The van der Waals surface area contributed by atoms with Crippen LogP contribution in [0.15, 0.2) is 388 Å². The number of anilines is 6. The van der Waals surface area contributed by atoms with Gasteiger partial charge in [0.05, 0.1) is 63.7 Å². The zero-order chi connectivity index (χ0) is 80.0. The molecule has 0 saturated heterocycles. The Morgan fingerprint density at radius 2 is 0.522 bits per heavy atom. The van der Waals surface area contributed by atoms with E-state index in [-0.39, 0.29) is 47.6 Å². The second-order valence-corrected chi connectivity index (χ2v) is 31.0. The molecule has 4 aromatic heterocycles. The molecular weight excluding hydrogens is 1370 g/mol. The van der Waals surface area contributed by atoms with Crippen molar-refractivity contribution in [1.29, 1.82) is 0 Å². The van der Waals surface area contributed by atoms with Gasteiger partial charge in [0.2, 0.25) is 0 Å². The summed E-state index contributed by atoms with van der Waals surface area (Å²) in [6.45, 7) is 5.55. The zero-order valence-corrected chi connectivity index (χ0v) is 62.2. The van der Waals surface area contributed by atoms with Crippen molar-refractivity contribution in [1.82, 2.24) is 18.3 Å². The summed E-state index contributed by atoms with van der Waals surface area (Å²) in [6.07, 6.45) is 0. The third-order valence-corrected chi connectivity index (χ3v) is 23.7. The Hall–Kier alpha value is -14.4. The SMILES string of the molecule is [2H]c1c([2H])c(-n2c3ccccc3c3cc(-n4c5ccccc5c5ccccc54)ccc32)c([2H])c2c1B1c3c(cc(C(C)(C)C)cc3N(c3c(-c4ccccc4)cccc3-c3ccccc3)c3c([2H])c(-n4c5ccccc5c5cc(-n6c7ccccc7c7ccccc76)ccc54)c([2H])c([2H])c31)N2c1c(-c2ccccc2)cccc1-c1ccccc1. The van der Waals surface area contributed by atoms with Crippen molar-refractivity contribution >= 4 is 144 Å². The molecule has 0 saturated carbocycles. The fourth-order valence-corrected chi connectivity index (χ4v) is 18.7. The second-order valence-electron chi connectivity index (χ2n) is 31.0. The summed E-state index contributed by atoms with van der Waals surface area (Å²) in [5.74, 6) is 0. The molecule has 0 spiro atoms. The molecular formula is C106H73BN6. The molecule has 0 amide bonds. The minimum absolute atomic E-state index is 0.0129. The highest BCUT2D eigenvalue weighted by molar-refractivity contribution is 7.00. The van der Waals surface area contributed by atoms with E-state index >= 15 is 0 Å². The molecule has 530 valence electrons. The fourth-order valence-electron chi connectivity index (χ4n) is 18.7. The molecule has 7 heteroatoms. The van der Waals surface area contributed by atoms with E-state index in [1.165, 1.54) is 0 Å². The number of hydrogen-bond donors (Lipinski definition) is 0. The molecule has 0 unspecified atom stereocenters. The molecule has 0 aliphatic carbocycles. The van der Waals surface area contributed by atoms with E-state index < -0.39 is 12.1 Å². The Labute approximate surface area is 663 Å². The van der Waals surface area contributed by atoms with E-state index in [4.69, 9.17) is 0 Å². The molecule has 17 aromatic carbocycles. The van der Waals surface area contributed by atoms with Crippen molar-refractivity contribution in [2.45, 2.75) is 26.2 Å². The molecule has 2 aliphatic heterocycles. The van der Waals surface area contributed by atoms with Gasteiger partial charge in [-0.05, 0) is 159 Å². The Kier molecular flexibility index (Phi) is 13.0. The molecule has 23 rings (SSSR count). The van der Waals surface area contributed by atoms with Crippen LogP contribution in [0.1, 0.15) is 34.6 Å². The Morgan fingerprint density at radius 1 is 0.248 bits per heavy atom. The summed E-state index contributed by atoms with van der Waals surface area (Å²) in [6, 6.07) is 122. The summed E-state index contributed by atoms with van der Waals surface area (Å²) in [5.41, 5.74) is 22.0. The lowest BCUT2D eigenvalue weighted by Gasteiger charge is -2.46. The van der Waals surface area contributed by atoms with Crippen LogP contribution < -0.4 is 26.2 Å². The van der Waals surface area contributed by atoms with Gasteiger partial charge in [-0.25, -0.2) is 0 Å². The molecule has 0 N–H and O–H groups in total. The highest BCUT2D eigenvalue weighted by Gasteiger charge is 2.46. The van der Waals surface area contributed by atoms with Gasteiger partial charge in [-0.15, -0.1) is 0 Å². The van der Waals surface area contributed by atoms with Crippen LogP contribution >= 0.6 is 0 Å². The van der Waals surface area contributed by atoms with Crippen molar-refractivity contribution in [3.63, 3.8) is 0 Å². The smallest absolute Gasteiger partial charge is 0.252 e. The maximum atomic E-state index is 11.9. The first-order valence-corrected chi connectivity index (χ1v) is 38.9. The number of aromatic nitrogens is 4. The molecule has 6 heterocycles. The molecule has 2 aliphatic rings. The van der Waals surface area contributed by atoms with Crippen molar-refractivity contribution in [2.75, 3.05) is 9.80 Å². The standard InChI is InChI=1S/C106H73BN6/c1-106(2,3)72-62-101-103-102(63-72)113(105-79(70-34-12-6-13-35-70)46-29-47-80(105)71-36-14-7-15-37-71)100-67-76(111-96-53-27-21-43-86(96)88-65-74(57-61-98(88)111)109-93-50-24-18-40-83(93)84-41-19-25-51-94(84)109)55-59-90(100)107(103)89-58-54-75(66-99(89)112(101)104-77(68-30-8-4-9-31-68)44-28-45-78(104)69-32-10-5-11-33-69)110-95-52-26-20-42-85(95)87-64-73(56-60-97(87)110)108-91-48-22-16-38-81(91)82-39-17-23-49-92(82)108/h4-67H,1-3H3/i54D,55D,58D,59D,66D,67D. The monoisotopic (exact) mass is 1450 g/mol. The summed E-state index contributed by atoms with van der Waals surface area (Å²) < 4.78 is 77.9. The average Bonchev–Trinajstić information content (AvgIpc) is 1.48. The number of hydrogen-bond acceptors (Lipinski definition) is 2. The maximum Gasteiger partial charge on any atom is 0.252 e.